The minimum atomic E-state index is -0.336. The molecule has 1 aliphatic heterocycles. The van der Waals surface area contributed by atoms with Crippen LogP contribution in [0.25, 0.3) is 11.1 Å². The molecule has 22 heavy (non-hydrogen) atoms. The van der Waals surface area contributed by atoms with Crippen molar-refractivity contribution in [3.05, 3.63) is 42.6 Å². The first-order chi connectivity index (χ1) is 10.7. The summed E-state index contributed by atoms with van der Waals surface area (Å²) in [6.07, 6.45) is 2.51. The second-order valence-corrected chi connectivity index (χ2v) is 5.16. The number of nitrogens with two attached hydrogens (primary N) is 1. The first-order valence-electron chi connectivity index (χ1n) is 7.11. The van der Waals surface area contributed by atoms with Gasteiger partial charge in [0.2, 0.25) is 5.91 Å². The summed E-state index contributed by atoms with van der Waals surface area (Å²) in [5, 5.41) is 1.85. The van der Waals surface area contributed by atoms with Gasteiger partial charge in [0.25, 0.3) is 0 Å². The third-order valence-electron chi connectivity index (χ3n) is 3.74. The molecule has 0 radical (unpaired) electrons. The van der Waals surface area contributed by atoms with Gasteiger partial charge in [-0.25, -0.2) is 10.4 Å². The second-order valence-electron chi connectivity index (χ2n) is 5.16. The van der Waals surface area contributed by atoms with Crippen LogP contribution in [0.3, 0.4) is 0 Å². The molecule has 1 atom stereocenters. The normalized spacial score (nSPS) is 17.5. The largest absolute Gasteiger partial charge is 0.497 e. The first-order valence-corrected chi connectivity index (χ1v) is 7.11. The molecule has 1 aliphatic rings. The highest BCUT2D eigenvalue weighted by Crippen LogP contribution is 2.24. The predicted octanol–water partition coefficient (Wildman–Crippen LogP) is 1.33. The number of carbonyl (C=O) groups excluding carboxylic acids is 1. The summed E-state index contributed by atoms with van der Waals surface area (Å²) in [6.45, 7) is 0.711. The molecule has 2 heterocycles. The number of carbonyl (C=O) groups is 1. The van der Waals surface area contributed by atoms with Crippen LogP contribution in [-0.4, -0.2) is 30.6 Å². The molecule has 1 saturated heterocycles. The summed E-state index contributed by atoms with van der Waals surface area (Å²) >= 11 is 0. The smallest absolute Gasteiger partial charge is 0.236 e. The van der Waals surface area contributed by atoms with Gasteiger partial charge in [-0.1, -0.05) is 12.1 Å². The summed E-state index contributed by atoms with van der Waals surface area (Å²) in [6, 6.07) is 11.4. The number of hydrogen-bond acceptors (Lipinski definition) is 5. The van der Waals surface area contributed by atoms with Crippen molar-refractivity contribution in [3.63, 3.8) is 0 Å². The first kappa shape index (κ1) is 14.3. The van der Waals surface area contributed by atoms with Gasteiger partial charge in [0, 0.05) is 18.3 Å². The van der Waals surface area contributed by atoms with Gasteiger partial charge < -0.3 is 10.5 Å². The number of anilines is 1. The zero-order valence-corrected chi connectivity index (χ0v) is 12.3. The lowest BCUT2D eigenvalue weighted by Crippen LogP contribution is -2.42. The number of hydrazine groups is 1. The molecule has 114 valence electrons. The Morgan fingerprint density at radius 2 is 2.00 bits per heavy atom. The number of nitrogens with zero attached hydrogens (tertiary/aromatic N) is 2. The molecule has 1 unspecified atom stereocenters. The van der Waals surface area contributed by atoms with Crippen LogP contribution in [0.1, 0.15) is 6.42 Å². The van der Waals surface area contributed by atoms with Gasteiger partial charge in [0.15, 0.2) is 0 Å². The number of benzene rings is 1. The van der Waals surface area contributed by atoms with Crippen molar-refractivity contribution >= 4 is 11.7 Å². The Labute approximate surface area is 128 Å². The Morgan fingerprint density at radius 1 is 1.27 bits per heavy atom. The summed E-state index contributed by atoms with van der Waals surface area (Å²) in [5.74, 6) is 1.27. The highest BCUT2D eigenvalue weighted by Gasteiger charge is 2.26. The molecule has 6 nitrogen and oxygen atoms in total. The maximum Gasteiger partial charge on any atom is 0.236 e. The van der Waals surface area contributed by atoms with Crippen molar-refractivity contribution in [2.75, 3.05) is 18.7 Å². The van der Waals surface area contributed by atoms with Crippen LogP contribution in [0.15, 0.2) is 42.6 Å². The Bertz CT molecular complexity index is 655. The third kappa shape index (κ3) is 2.87. The maximum atomic E-state index is 11.2. The number of rotatable bonds is 4. The van der Waals surface area contributed by atoms with E-state index >= 15 is 0 Å². The van der Waals surface area contributed by atoms with Gasteiger partial charge in [-0.05, 0) is 36.2 Å². The van der Waals surface area contributed by atoms with Crippen molar-refractivity contribution < 1.29 is 9.53 Å². The number of pyridine rings is 1. The number of methoxy groups -OCH3 is 1. The van der Waals surface area contributed by atoms with E-state index in [9.17, 15) is 4.79 Å². The van der Waals surface area contributed by atoms with E-state index in [1.807, 2.05) is 47.6 Å². The van der Waals surface area contributed by atoms with Crippen molar-refractivity contribution in [2.24, 2.45) is 5.73 Å². The van der Waals surface area contributed by atoms with E-state index in [-0.39, 0.29) is 11.9 Å². The van der Waals surface area contributed by atoms with Gasteiger partial charge in [-0.3, -0.25) is 9.80 Å². The molecule has 0 saturated carbocycles. The third-order valence-corrected chi connectivity index (χ3v) is 3.74. The molecule has 0 spiro atoms. The quantitative estimate of drug-likeness (QED) is 0.890. The van der Waals surface area contributed by atoms with E-state index in [2.05, 4.69) is 10.4 Å². The van der Waals surface area contributed by atoms with Gasteiger partial charge in [-0.2, -0.15) is 0 Å². The second kappa shape index (κ2) is 6.03. The minimum absolute atomic E-state index is 0.317. The lowest BCUT2D eigenvalue weighted by atomic mass is 10.1. The molecular formula is C16H18N4O2. The fraction of sp³-hybridized carbons (Fsp3) is 0.250. The maximum absolute atomic E-state index is 11.2. The van der Waals surface area contributed by atoms with Crippen LogP contribution in [0, 0.1) is 0 Å². The Kier molecular flexibility index (Phi) is 3.93. The predicted molar refractivity (Wildman–Crippen MR) is 84.3 cm³/mol. The summed E-state index contributed by atoms with van der Waals surface area (Å²) < 4.78 is 5.15. The monoisotopic (exact) mass is 298 g/mol. The Balaban J connectivity index is 1.74. The summed E-state index contributed by atoms with van der Waals surface area (Å²) in [5.41, 5.74) is 10.5. The van der Waals surface area contributed by atoms with Gasteiger partial charge >= 0.3 is 0 Å². The van der Waals surface area contributed by atoms with Gasteiger partial charge in [-0.15, -0.1) is 0 Å². The highest BCUT2D eigenvalue weighted by atomic mass is 16.5. The van der Waals surface area contributed by atoms with Crippen LogP contribution < -0.4 is 20.9 Å². The van der Waals surface area contributed by atoms with E-state index in [0.717, 1.165) is 22.7 Å². The molecular weight excluding hydrogens is 280 g/mol. The van der Waals surface area contributed by atoms with Crippen LogP contribution in [0.5, 0.6) is 5.75 Å². The molecule has 3 N–H and O–H groups in total. The molecule has 0 bridgehead atoms. The van der Waals surface area contributed by atoms with Crippen molar-refractivity contribution in [1.82, 2.24) is 10.4 Å². The number of nitrogens with one attached hydrogen (secondary N) is 1. The standard InChI is InChI=1S/C16H18N4O2/c1-22-13-5-2-11(3-6-13)12-4-7-15(18-10-12)20-9-8-14(19-20)16(17)21/h2-7,10,14,19H,8-9H2,1H3,(H2,17,21). The van der Waals surface area contributed by atoms with Crippen molar-refractivity contribution in [2.45, 2.75) is 12.5 Å². The lowest BCUT2D eigenvalue weighted by Gasteiger charge is -2.18. The lowest BCUT2D eigenvalue weighted by molar-refractivity contribution is -0.119. The summed E-state index contributed by atoms with van der Waals surface area (Å²) in [4.78, 5) is 15.6. The van der Waals surface area contributed by atoms with Gasteiger partial charge in [0.05, 0.1) is 7.11 Å². The minimum Gasteiger partial charge on any atom is -0.497 e. The zero-order valence-electron chi connectivity index (χ0n) is 12.3. The van der Waals surface area contributed by atoms with Gasteiger partial charge in [0.1, 0.15) is 17.6 Å². The van der Waals surface area contributed by atoms with Crippen LogP contribution in [0.2, 0.25) is 0 Å². The van der Waals surface area contributed by atoms with Crippen LogP contribution >= 0.6 is 0 Å². The fourth-order valence-electron chi connectivity index (χ4n) is 2.46. The average Bonchev–Trinajstić information content (AvgIpc) is 3.05. The molecule has 0 aliphatic carbocycles. The van der Waals surface area contributed by atoms with E-state index in [1.54, 1.807) is 7.11 Å². The van der Waals surface area contributed by atoms with Crippen LogP contribution in [-0.2, 0) is 4.79 Å². The zero-order chi connectivity index (χ0) is 15.5. The van der Waals surface area contributed by atoms with Crippen molar-refractivity contribution in [3.8, 4) is 16.9 Å². The van der Waals surface area contributed by atoms with E-state index in [0.29, 0.717) is 13.0 Å². The number of hydrogen-bond donors (Lipinski definition) is 2. The van der Waals surface area contributed by atoms with E-state index in [1.165, 1.54) is 0 Å². The van der Waals surface area contributed by atoms with Crippen LogP contribution in [0.4, 0.5) is 5.82 Å². The summed E-state index contributed by atoms with van der Waals surface area (Å²) in [7, 11) is 1.65. The molecule has 1 aromatic heterocycles. The topological polar surface area (TPSA) is 80.5 Å². The van der Waals surface area contributed by atoms with E-state index in [4.69, 9.17) is 10.5 Å². The molecule has 1 fully saturated rings. The molecule has 1 aromatic carbocycles. The molecule has 2 aromatic rings. The SMILES string of the molecule is COc1ccc(-c2ccc(N3CCC(C(N)=O)N3)nc2)cc1. The van der Waals surface area contributed by atoms with Crippen molar-refractivity contribution in [1.29, 1.82) is 0 Å². The Morgan fingerprint density at radius 3 is 2.55 bits per heavy atom. The fourth-order valence-corrected chi connectivity index (χ4v) is 2.46. The number of primary amides is 1. The number of amides is 1. The van der Waals surface area contributed by atoms with E-state index < -0.39 is 0 Å². The highest BCUT2D eigenvalue weighted by molar-refractivity contribution is 5.80. The number of aromatic nitrogens is 1. The average molecular weight is 298 g/mol. The molecule has 3 rings (SSSR count). The molecule has 6 heteroatoms. The molecule has 1 amide bonds. The Hall–Kier alpha value is -2.60. The number of ether oxygens (including phenoxy) is 1.